The van der Waals surface area contributed by atoms with Crippen LogP contribution in [0.4, 0.5) is 0 Å². The summed E-state index contributed by atoms with van der Waals surface area (Å²) in [5, 5.41) is 0. The molecule has 2 heteroatoms. The van der Waals surface area contributed by atoms with E-state index in [1.54, 1.807) is 0 Å². The number of aryl methyl sites for hydroxylation is 1. The van der Waals surface area contributed by atoms with E-state index in [0.29, 0.717) is 0 Å². The number of benzene rings is 1. The summed E-state index contributed by atoms with van der Waals surface area (Å²) in [5.41, 5.74) is 2.73. The zero-order chi connectivity index (χ0) is 8.55. The van der Waals surface area contributed by atoms with Crippen molar-refractivity contribution in [3.8, 4) is 12.3 Å². The molecule has 12 heavy (non-hydrogen) atoms. The number of aromatic nitrogens is 2. The first kappa shape index (κ1) is 6.93. The maximum absolute atomic E-state index is 5.32. The van der Waals surface area contributed by atoms with Crippen LogP contribution < -0.4 is 0 Å². The minimum absolute atomic E-state index is 0.844. The Balaban J connectivity index is 2.89. The minimum Gasteiger partial charge on any atom is -0.342 e. The molecule has 0 unspecified atom stereocenters. The Kier molecular flexibility index (Phi) is 1.38. The van der Waals surface area contributed by atoms with Crippen LogP contribution in [0.2, 0.25) is 0 Å². The number of aromatic amines is 1. The number of imidazole rings is 1. The molecular weight excluding hydrogens is 148 g/mol. The van der Waals surface area contributed by atoms with E-state index in [-0.39, 0.29) is 0 Å². The lowest BCUT2D eigenvalue weighted by Gasteiger charge is -1.89. The van der Waals surface area contributed by atoms with Gasteiger partial charge in [0.05, 0.1) is 11.1 Å². The first-order chi connectivity index (χ1) is 5.81. The highest BCUT2D eigenvalue weighted by Crippen LogP contribution is 2.14. The van der Waals surface area contributed by atoms with Crippen LogP contribution in [0.5, 0.6) is 0 Å². The Hall–Kier alpha value is -1.75. The number of nitrogens with one attached hydrogen (secondary N) is 1. The summed E-state index contributed by atoms with van der Waals surface area (Å²) in [6, 6.07) is 5.79. The van der Waals surface area contributed by atoms with Crippen LogP contribution in [0, 0.1) is 19.3 Å². The minimum atomic E-state index is 0.844. The molecule has 0 aliphatic carbocycles. The summed E-state index contributed by atoms with van der Waals surface area (Å²) in [6.07, 6.45) is 5.32. The van der Waals surface area contributed by atoms with E-state index in [1.807, 2.05) is 25.1 Å². The maximum atomic E-state index is 5.32. The van der Waals surface area contributed by atoms with E-state index in [2.05, 4.69) is 15.9 Å². The fourth-order valence-corrected chi connectivity index (χ4v) is 1.27. The van der Waals surface area contributed by atoms with Gasteiger partial charge in [0.2, 0.25) is 0 Å². The van der Waals surface area contributed by atoms with Gasteiger partial charge in [-0.2, -0.15) is 0 Å². The Labute approximate surface area is 70.6 Å². The van der Waals surface area contributed by atoms with Crippen molar-refractivity contribution in [3.63, 3.8) is 0 Å². The Morgan fingerprint density at radius 1 is 1.50 bits per heavy atom. The summed E-state index contributed by atoms with van der Waals surface area (Å²) < 4.78 is 0. The largest absolute Gasteiger partial charge is 0.342 e. The molecule has 0 amide bonds. The molecule has 1 heterocycles. The number of nitrogens with zero attached hydrogens (tertiary/aromatic N) is 1. The van der Waals surface area contributed by atoms with Gasteiger partial charge < -0.3 is 4.98 Å². The van der Waals surface area contributed by atoms with Gasteiger partial charge in [0.25, 0.3) is 0 Å². The third-order valence-corrected chi connectivity index (χ3v) is 1.79. The number of fused-ring (bicyclic) bond motifs is 1. The number of rotatable bonds is 0. The molecule has 0 bridgehead atoms. The third-order valence-electron chi connectivity index (χ3n) is 1.79. The van der Waals surface area contributed by atoms with E-state index in [9.17, 15) is 0 Å². The van der Waals surface area contributed by atoms with Crippen molar-refractivity contribution in [2.75, 3.05) is 0 Å². The van der Waals surface area contributed by atoms with E-state index >= 15 is 0 Å². The van der Waals surface area contributed by atoms with Gasteiger partial charge in [0.15, 0.2) is 0 Å². The summed E-state index contributed by atoms with van der Waals surface area (Å²) in [7, 11) is 0. The van der Waals surface area contributed by atoms with Crippen LogP contribution in [-0.2, 0) is 0 Å². The molecule has 0 aliphatic heterocycles. The summed E-state index contributed by atoms with van der Waals surface area (Å²) >= 11 is 0. The molecule has 2 rings (SSSR count). The van der Waals surface area contributed by atoms with Gasteiger partial charge in [-0.05, 0) is 19.1 Å². The molecule has 0 radical (unpaired) electrons. The second-order valence-corrected chi connectivity index (χ2v) is 2.67. The van der Waals surface area contributed by atoms with E-state index < -0.39 is 0 Å². The van der Waals surface area contributed by atoms with E-state index in [1.165, 1.54) is 0 Å². The van der Waals surface area contributed by atoms with Crippen LogP contribution in [0.15, 0.2) is 18.2 Å². The Bertz CT molecular complexity index is 460. The van der Waals surface area contributed by atoms with Crippen LogP contribution in [0.3, 0.4) is 0 Å². The molecule has 1 N–H and O–H groups in total. The lowest BCUT2D eigenvalue weighted by molar-refractivity contribution is 1.17. The molecule has 0 spiro atoms. The Morgan fingerprint density at radius 3 is 3.08 bits per heavy atom. The molecule has 0 aliphatic rings. The van der Waals surface area contributed by atoms with Crippen molar-refractivity contribution in [1.82, 2.24) is 9.97 Å². The molecule has 0 saturated heterocycles. The van der Waals surface area contributed by atoms with Crippen molar-refractivity contribution < 1.29 is 0 Å². The molecule has 2 aromatic rings. The molecular formula is C10H8N2. The van der Waals surface area contributed by atoms with Crippen LogP contribution >= 0.6 is 0 Å². The quantitative estimate of drug-likeness (QED) is 0.579. The second-order valence-electron chi connectivity index (χ2n) is 2.67. The topological polar surface area (TPSA) is 28.7 Å². The third kappa shape index (κ3) is 0.876. The molecule has 1 aromatic carbocycles. The number of H-pyrrole nitrogens is 1. The molecule has 0 saturated carbocycles. The average Bonchev–Trinajstić information content (AvgIpc) is 2.44. The van der Waals surface area contributed by atoms with Crippen LogP contribution in [-0.4, -0.2) is 9.97 Å². The van der Waals surface area contributed by atoms with Crippen molar-refractivity contribution >= 4 is 11.0 Å². The van der Waals surface area contributed by atoms with Gasteiger partial charge in [-0.25, -0.2) is 4.98 Å². The predicted octanol–water partition coefficient (Wildman–Crippen LogP) is 1.85. The normalized spacial score (nSPS) is 10.0. The van der Waals surface area contributed by atoms with Gasteiger partial charge >= 0.3 is 0 Å². The molecule has 58 valence electrons. The summed E-state index contributed by atoms with van der Waals surface area (Å²) in [6.45, 7) is 1.92. The molecule has 1 aromatic heterocycles. The van der Waals surface area contributed by atoms with Crippen molar-refractivity contribution in [2.45, 2.75) is 6.92 Å². The van der Waals surface area contributed by atoms with Crippen molar-refractivity contribution in [3.05, 3.63) is 29.6 Å². The lowest BCUT2D eigenvalue weighted by atomic mass is 10.2. The Morgan fingerprint density at radius 2 is 2.33 bits per heavy atom. The monoisotopic (exact) mass is 156 g/mol. The van der Waals surface area contributed by atoms with Crippen LogP contribution in [0.1, 0.15) is 11.4 Å². The standard InChI is InChI=1S/C10H8N2/c1-3-8-5-4-6-9-10(8)12-7(2)11-9/h1,4-6H,2H3,(H,11,12). The molecule has 0 atom stereocenters. The van der Waals surface area contributed by atoms with Crippen LogP contribution in [0.25, 0.3) is 11.0 Å². The van der Waals surface area contributed by atoms with Crippen molar-refractivity contribution in [2.24, 2.45) is 0 Å². The smallest absolute Gasteiger partial charge is 0.104 e. The van der Waals surface area contributed by atoms with Gasteiger partial charge in [-0.1, -0.05) is 12.0 Å². The molecule has 2 nitrogen and oxygen atoms in total. The number of para-hydroxylation sites is 1. The highest BCUT2D eigenvalue weighted by molar-refractivity contribution is 5.81. The number of terminal acetylenes is 1. The summed E-state index contributed by atoms with van der Waals surface area (Å²) in [4.78, 5) is 7.41. The highest BCUT2D eigenvalue weighted by atomic mass is 14.9. The fraction of sp³-hybridized carbons (Fsp3) is 0.100. The lowest BCUT2D eigenvalue weighted by Crippen LogP contribution is -1.76. The molecule has 0 fully saturated rings. The van der Waals surface area contributed by atoms with Gasteiger partial charge in [0.1, 0.15) is 11.3 Å². The highest BCUT2D eigenvalue weighted by Gasteiger charge is 2.01. The first-order valence-electron chi connectivity index (χ1n) is 3.73. The first-order valence-corrected chi connectivity index (χ1v) is 3.73. The fourth-order valence-electron chi connectivity index (χ4n) is 1.27. The zero-order valence-electron chi connectivity index (χ0n) is 6.76. The predicted molar refractivity (Wildman–Crippen MR) is 48.8 cm³/mol. The van der Waals surface area contributed by atoms with E-state index in [0.717, 1.165) is 22.4 Å². The maximum Gasteiger partial charge on any atom is 0.104 e. The summed E-state index contributed by atoms with van der Waals surface area (Å²) in [5.74, 6) is 3.50. The van der Waals surface area contributed by atoms with Crippen molar-refractivity contribution in [1.29, 1.82) is 0 Å². The SMILES string of the molecule is C#Cc1cccc2[nH]c(C)nc12. The van der Waals surface area contributed by atoms with E-state index in [4.69, 9.17) is 6.42 Å². The number of hydrogen-bond acceptors (Lipinski definition) is 1. The number of hydrogen-bond donors (Lipinski definition) is 1. The second kappa shape index (κ2) is 2.38. The zero-order valence-corrected chi connectivity index (χ0v) is 6.76. The van der Waals surface area contributed by atoms with Gasteiger partial charge in [-0.15, -0.1) is 6.42 Å². The van der Waals surface area contributed by atoms with Gasteiger partial charge in [0, 0.05) is 0 Å². The average molecular weight is 156 g/mol. The van der Waals surface area contributed by atoms with Gasteiger partial charge in [-0.3, -0.25) is 0 Å².